The second kappa shape index (κ2) is 8.34. The summed E-state index contributed by atoms with van der Waals surface area (Å²) >= 11 is 0. The molecule has 1 aliphatic heterocycles. The maximum atomic E-state index is 12.1. The number of amides is 1. The Morgan fingerprint density at radius 2 is 1.96 bits per heavy atom. The van der Waals surface area contributed by atoms with Crippen molar-refractivity contribution in [2.45, 2.75) is 58.3 Å². The van der Waals surface area contributed by atoms with Crippen LogP contribution < -0.4 is 10.1 Å². The first-order valence-electron chi connectivity index (χ1n) is 8.62. The topological polar surface area (TPSA) is 73.9 Å². The molecule has 1 amide bonds. The molecule has 6 nitrogen and oxygen atoms in total. The molecule has 2 rings (SSSR count). The van der Waals surface area contributed by atoms with E-state index in [0.29, 0.717) is 17.9 Å². The Labute approximate surface area is 148 Å². The molecule has 0 bridgehead atoms. The standard InChI is InChI=1S/C19H27NO5/c1-13(17(21)20-19(2,3)4)25-18(22)14-7-9-15(10-8-14)24-12-16-6-5-11-23-16/h7-10,13,16H,5-6,11-12H2,1-4H3,(H,20,21). The van der Waals surface area contributed by atoms with Gasteiger partial charge in [-0.15, -0.1) is 0 Å². The number of nitrogens with one attached hydrogen (secondary N) is 1. The second-order valence-electron chi connectivity index (χ2n) is 7.26. The van der Waals surface area contributed by atoms with Crippen molar-refractivity contribution in [1.82, 2.24) is 5.32 Å². The quantitative estimate of drug-likeness (QED) is 0.800. The van der Waals surface area contributed by atoms with Gasteiger partial charge in [0, 0.05) is 12.1 Å². The summed E-state index contributed by atoms with van der Waals surface area (Å²) in [5, 5.41) is 2.78. The highest BCUT2D eigenvalue weighted by Gasteiger charge is 2.23. The van der Waals surface area contributed by atoms with Crippen molar-refractivity contribution in [2.24, 2.45) is 0 Å². The third kappa shape index (κ3) is 6.38. The Bertz CT molecular complexity index is 585. The number of carbonyl (C=O) groups is 2. The van der Waals surface area contributed by atoms with Crippen LogP contribution in [0.25, 0.3) is 0 Å². The largest absolute Gasteiger partial charge is 0.491 e. The number of hydrogen-bond donors (Lipinski definition) is 1. The Balaban J connectivity index is 1.83. The normalized spacial score (nSPS) is 18.5. The minimum Gasteiger partial charge on any atom is -0.491 e. The van der Waals surface area contributed by atoms with Crippen LogP contribution in [0.5, 0.6) is 5.75 Å². The van der Waals surface area contributed by atoms with Crippen molar-refractivity contribution in [2.75, 3.05) is 13.2 Å². The van der Waals surface area contributed by atoms with Crippen LogP contribution in [0, 0.1) is 0 Å². The van der Waals surface area contributed by atoms with Crippen LogP contribution in [0.4, 0.5) is 0 Å². The van der Waals surface area contributed by atoms with E-state index in [4.69, 9.17) is 14.2 Å². The molecule has 1 aliphatic rings. The molecule has 6 heteroatoms. The predicted molar refractivity (Wildman–Crippen MR) is 93.7 cm³/mol. The van der Waals surface area contributed by atoms with E-state index in [-0.39, 0.29) is 17.6 Å². The van der Waals surface area contributed by atoms with Gasteiger partial charge >= 0.3 is 5.97 Å². The first-order chi connectivity index (χ1) is 11.7. The van der Waals surface area contributed by atoms with E-state index in [1.54, 1.807) is 31.2 Å². The van der Waals surface area contributed by atoms with E-state index >= 15 is 0 Å². The van der Waals surface area contributed by atoms with Gasteiger partial charge in [0.25, 0.3) is 5.91 Å². The van der Waals surface area contributed by atoms with Crippen LogP contribution in [0.15, 0.2) is 24.3 Å². The first-order valence-corrected chi connectivity index (χ1v) is 8.62. The summed E-state index contributed by atoms with van der Waals surface area (Å²) in [6.45, 7) is 8.46. The summed E-state index contributed by atoms with van der Waals surface area (Å²) in [5.41, 5.74) is -0.000344. The first kappa shape index (κ1) is 19.2. The second-order valence-corrected chi connectivity index (χ2v) is 7.26. The van der Waals surface area contributed by atoms with Gasteiger partial charge in [-0.05, 0) is 64.8 Å². The van der Waals surface area contributed by atoms with Gasteiger partial charge in [0.2, 0.25) is 0 Å². The minimum atomic E-state index is -0.859. The maximum absolute atomic E-state index is 12.1. The fourth-order valence-corrected chi connectivity index (χ4v) is 2.41. The fraction of sp³-hybridized carbons (Fsp3) is 0.579. The van der Waals surface area contributed by atoms with Gasteiger partial charge in [0.05, 0.1) is 11.7 Å². The number of rotatable bonds is 6. The molecule has 1 aromatic carbocycles. The van der Waals surface area contributed by atoms with Gasteiger partial charge in [-0.25, -0.2) is 4.79 Å². The van der Waals surface area contributed by atoms with Gasteiger partial charge in [-0.2, -0.15) is 0 Å². The molecule has 138 valence electrons. The molecule has 2 atom stereocenters. The van der Waals surface area contributed by atoms with E-state index in [2.05, 4.69) is 5.32 Å². The zero-order valence-electron chi connectivity index (χ0n) is 15.3. The maximum Gasteiger partial charge on any atom is 0.338 e. The smallest absolute Gasteiger partial charge is 0.338 e. The van der Waals surface area contributed by atoms with Crippen molar-refractivity contribution < 1.29 is 23.8 Å². The average molecular weight is 349 g/mol. The van der Waals surface area contributed by atoms with E-state index in [9.17, 15) is 9.59 Å². The van der Waals surface area contributed by atoms with Gasteiger partial charge in [0.1, 0.15) is 12.4 Å². The lowest BCUT2D eigenvalue weighted by Crippen LogP contribution is -2.46. The molecular weight excluding hydrogens is 322 g/mol. The van der Waals surface area contributed by atoms with Gasteiger partial charge in [-0.1, -0.05) is 0 Å². The summed E-state index contributed by atoms with van der Waals surface area (Å²) in [6.07, 6.45) is 1.37. The highest BCUT2D eigenvalue weighted by Crippen LogP contribution is 2.17. The third-order valence-electron chi connectivity index (χ3n) is 3.70. The van der Waals surface area contributed by atoms with E-state index in [0.717, 1.165) is 19.4 Å². The molecule has 1 heterocycles. The number of hydrogen-bond acceptors (Lipinski definition) is 5. The third-order valence-corrected chi connectivity index (χ3v) is 3.70. The lowest BCUT2D eigenvalue weighted by atomic mass is 10.1. The Kier molecular flexibility index (Phi) is 6.42. The summed E-state index contributed by atoms with van der Waals surface area (Å²) < 4.78 is 16.4. The van der Waals surface area contributed by atoms with E-state index < -0.39 is 12.1 Å². The highest BCUT2D eigenvalue weighted by molar-refractivity contribution is 5.92. The monoisotopic (exact) mass is 349 g/mol. The Hall–Kier alpha value is -2.08. The average Bonchev–Trinajstić information content (AvgIpc) is 3.05. The van der Waals surface area contributed by atoms with Crippen LogP contribution in [0.1, 0.15) is 50.9 Å². The van der Waals surface area contributed by atoms with Crippen LogP contribution >= 0.6 is 0 Å². The van der Waals surface area contributed by atoms with Crippen molar-refractivity contribution >= 4 is 11.9 Å². The zero-order chi connectivity index (χ0) is 18.4. The van der Waals surface area contributed by atoms with Gasteiger partial charge in [-0.3, -0.25) is 4.79 Å². The molecule has 0 radical (unpaired) electrons. The number of ether oxygens (including phenoxy) is 3. The van der Waals surface area contributed by atoms with Crippen molar-refractivity contribution in [3.8, 4) is 5.75 Å². The summed E-state index contributed by atoms with van der Waals surface area (Å²) in [7, 11) is 0. The molecule has 1 aromatic rings. The molecule has 0 spiro atoms. The Morgan fingerprint density at radius 1 is 1.28 bits per heavy atom. The molecule has 2 unspecified atom stereocenters. The number of benzene rings is 1. The van der Waals surface area contributed by atoms with E-state index in [1.165, 1.54) is 0 Å². The fourth-order valence-electron chi connectivity index (χ4n) is 2.41. The minimum absolute atomic E-state index is 0.145. The summed E-state index contributed by atoms with van der Waals surface area (Å²) in [6, 6.07) is 6.68. The van der Waals surface area contributed by atoms with Crippen LogP contribution in [-0.2, 0) is 14.3 Å². The molecule has 1 fully saturated rings. The van der Waals surface area contributed by atoms with Crippen molar-refractivity contribution in [1.29, 1.82) is 0 Å². The summed E-state index contributed by atoms with van der Waals surface area (Å²) in [5.74, 6) is -0.190. The molecule has 25 heavy (non-hydrogen) atoms. The van der Waals surface area contributed by atoms with Crippen LogP contribution in [-0.4, -0.2) is 42.8 Å². The number of carbonyl (C=O) groups excluding carboxylic acids is 2. The molecular formula is C19H27NO5. The van der Waals surface area contributed by atoms with Crippen LogP contribution in [0.3, 0.4) is 0 Å². The van der Waals surface area contributed by atoms with Crippen molar-refractivity contribution in [3.05, 3.63) is 29.8 Å². The SMILES string of the molecule is CC(OC(=O)c1ccc(OCC2CCCO2)cc1)C(=O)NC(C)(C)C. The van der Waals surface area contributed by atoms with Gasteiger partial charge < -0.3 is 19.5 Å². The zero-order valence-corrected chi connectivity index (χ0v) is 15.3. The Morgan fingerprint density at radius 3 is 2.52 bits per heavy atom. The molecule has 1 N–H and O–H groups in total. The number of esters is 1. The predicted octanol–water partition coefficient (Wildman–Crippen LogP) is 2.70. The molecule has 0 aromatic heterocycles. The molecule has 1 saturated heterocycles. The van der Waals surface area contributed by atoms with Crippen molar-refractivity contribution in [3.63, 3.8) is 0 Å². The molecule has 0 aliphatic carbocycles. The lowest BCUT2D eigenvalue weighted by Gasteiger charge is -2.23. The van der Waals surface area contributed by atoms with Crippen LogP contribution in [0.2, 0.25) is 0 Å². The summed E-state index contributed by atoms with van der Waals surface area (Å²) in [4.78, 5) is 24.1. The van der Waals surface area contributed by atoms with Gasteiger partial charge in [0.15, 0.2) is 6.10 Å². The highest BCUT2D eigenvalue weighted by atomic mass is 16.5. The molecule has 0 saturated carbocycles. The lowest BCUT2D eigenvalue weighted by molar-refractivity contribution is -0.130. The van der Waals surface area contributed by atoms with E-state index in [1.807, 2.05) is 20.8 Å².